The van der Waals surface area contributed by atoms with Gasteiger partial charge in [-0.1, -0.05) is 0 Å². The maximum Gasteiger partial charge on any atom is 2.00 e. The normalized spacial score (nSPS) is 10.8. The number of ether oxygens (including phenoxy) is 2. The quantitative estimate of drug-likeness (QED) is 0.489. The molecule has 27 heavy (non-hydrogen) atoms. The van der Waals surface area contributed by atoms with Gasteiger partial charge in [-0.05, 0) is 24.3 Å². The summed E-state index contributed by atoms with van der Waals surface area (Å²) in [6.45, 7) is 0. The van der Waals surface area contributed by atoms with Crippen LogP contribution in [0.15, 0.2) is 46.2 Å². The number of methoxy groups -OCH3 is 2. The van der Waals surface area contributed by atoms with E-state index in [1.807, 2.05) is 0 Å². The average molecular weight is 446 g/mol. The molecule has 144 valence electrons. The predicted octanol–water partition coefficient (Wildman–Crippen LogP) is 0.229. The van der Waals surface area contributed by atoms with Crippen LogP contribution in [0.3, 0.4) is 0 Å². The molecule has 10 nitrogen and oxygen atoms in total. The summed E-state index contributed by atoms with van der Waals surface area (Å²) in [4.78, 5) is -0.961. The molecule has 0 aliphatic rings. The molecule has 13 heteroatoms. The first-order chi connectivity index (χ1) is 11.9. The number of rotatable bonds is 4. The summed E-state index contributed by atoms with van der Waals surface area (Å²) in [5.74, 6) is -0.515. The van der Waals surface area contributed by atoms with Crippen molar-refractivity contribution >= 4 is 58.0 Å². The summed E-state index contributed by atoms with van der Waals surface area (Å²) in [5, 5.41) is 18.3. The van der Waals surface area contributed by atoms with Crippen LogP contribution in [-0.2, 0) is 20.2 Å². The Kier molecular flexibility index (Phi) is 9.83. The Balaban J connectivity index is 0.000000483. The van der Waals surface area contributed by atoms with E-state index in [9.17, 15) is 25.9 Å². The van der Waals surface area contributed by atoms with Crippen molar-refractivity contribution in [3.05, 3.63) is 36.4 Å². The van der Waals surface area contributed by atoms with Gasteiger partial charge >= 0.3 is 37.7 Å². The van der Waals surface area contributed by atoms with Crippen LogP contribution in [0.25, 0.3) is 0 Å². The molecule has 0 saturated carbocycles. The number of benzene rings is 2. The van der Waals surface area contributed by atoms with Gasteiger partial charge in [-0.3, -0.25) is 0 Å². The second-order valence-electron chi connectivity index (χ2n) is 4.58. The van der Waals surface area contributed by atoms with Gasteiger partial charge < -0.3 is 28.8 Å². The zero-order chi connectivity index (χ0) is 20.1. The number of phenols is 2. The van der Waals surface area contributed by atoms with Crippen LogP contribution in [0.5, 0.6) is 23.0 Å². The van der Waals surface area contributed by atoms with E-state index in [1.54, 1.807) is 0 Å². The Labute approximate surface area is 185 Å². The van der Waals surface area contributed by atoms with Crippen molar-refractivity contribution in [3.8, 4) is 23.0 Å². The molecule has 0 aliphatic heterocycles. The van der Waals surface area contributed by atoms with Crippen LogP contribution < -0.4 is 9.47 Å². The fourth-order valence-corrected chi connectivity index (χ4v) is 2.63. The molecule has 0 spiro atoms. The van der Waals surface area contributed by atoms with Crippen molar-refractivity contribution in [2.45, 2.75) is 9.79 Å². The monoisotopic (exact) mass is 446 g/mol. The van der Waals surface area contributed by atoms with Gasteiger partial charge in [0, 0.05) is 12.1 Å². The third-order valence-electron chi connectivity index (χ3n) is 2.88. The molecule has 0 unspecified atom stereocenters. The largest absolute Gasteiger partial charge is 2.00 e. The van der Waals surface area contributed by atoms with Crippen LogP contribution in [0.1, 0.15) is 0 Å². The van der Waals surface area contributed by atoms with Gasteiger partial charge in [0.1, 0.15) is 20.2 Å². The van der Waals surface area contributed by atoms with Crippen molar-refractivity contribution in [1.29, 1.82) is 0 Å². The third-order valence-corrected chi connectivity index (χ3v) is 4.54. The minimum atomic E-state index is -4.52. The Morgan fingerprint density at radius 2 is 1.04 bits per heavy atom. The fraction of sp³-hybridized carbons (Fsp3) is 0.143. The predicted molar refractivity (Wildman–Crippen MR) is 91.0 cm³/mol. The topological polar surface area (TPSA) is 173 Å². The van der Waals surface area contributed by atoms with E-state index in [4.69, 9.17) is 10.2 Å². The number of phenolic OH excluding ortho intramolecular Hbond substituents is 2. The van der Waals surface area contributed by atoms with E-state index in [1.165, 1.54) is 26.4 Å². The maximum absolute atomic E-state index is 10.5. The van der Waals surface area contributed by atoms with Crippen molar-refractivity contribution in [1.82, 2.24) is 0 Å². The summed E-state index contributed by atoms with van der Waals surface area (Å²) in [7, 11) is -6.39. The van der Waals surface area contributed by atoms with Gasteiger partial charge in [-0.25, -0.2) is 16.8 Å². The second kappa shape index (κ2) is 10.3. The summed E-state index contributed by atoms with van der Waals surface area (Å²) in [6.07, 6.45) is 0. The molecule has 0 fully saturated rings. The van der Waals surface area contributed by atoms with E-state index in [-0.39, 0.29) is 60.7 Å². The third kappa shape index (κ3) is 7.70. The van der Waals surface area contributed by atoms with Crippen molar-refractivity contribution in [2.75, 3.05) is 14.2 Å². The van der Waals surface area contributed by atoms with Crippen molar-refractivity contribution in [3.63, 3.8) is 0 Å². The molecule has 0 amide bonds. The molecule has 2 aromatic rings. The molecule has 0 radical (unpaired) electrons. The first kappa shape index (κ1) is 25.7. The molecule has 0 aliphatic carbocycles. The molecule has 2 aromatic carbocycles. The smallest absolute Gasteiger partial charge is 0.744 e. The first-order valence-corrected chi connectivity index (χ1v) is 9.37. The average Bonchev–Trinajstić information content (AvgIpc) is 2.53. The Morgan fingerprint density at radius 3 is 1.22 bits per heavy atom. The van der Waals surface area contributed by atoms with Crippen LogP contribution >= 0.6 is 0 Å². The van der Waals surface area contributed by atoms with E-state index >= 15 is 0 Å². The van der Waals surface area contributed by atoms with E-state index in [2.05, 4.69) is 9.47 Å². The van der Waals surface area contributed by atoms with Crippen molar-refractivity contribution in [2.24, 2.45) is 0 Å². The first-order valence-electron chi connectivity index (χ1n) is 6.56. The summed E-state index contributed by atoms with van der Waals surface area (Å²) < 4.78 is 72.2. The summed E-state index contributed by atoms with van der Waals surface area (Å²) in [6, 6.07) is 6.25. The van der Waals surface area contributed by atoms with Gasteiger partial charge in [-0.2, -0.15) is 0 Å². The van der Waals surface area contributed by atoms with Gasteiger partial charge in [0.05, 0.1) is 24.0 Å². The minimum absolute atomic E-state index is 0. The Bertz CT molecular complexity index is 905. The molecule has 0 saturated heterocycles. The van der Waals surface area contributed by atoms with Crippen LogP contribution in [0.2, 0.25) is 0 Å². The van der Waals surface area contributed by atoms with Gasteiger partial charge in [0.25, 0.3) is 0 Å². The zero-order valence-corrected chi connectivity index (χ0v) is 18.0. The molecule has 0 aromatic heterocycles. The van der Waals surface area contributed by atoms with E-state index in [0.29, 0.717) is 0 Å². The molecule has 2 N–H and O–H groups in total. The van der Waals surface area contributed by atoms with Crippen LogP contribution in [0, 0.1) is 0 Å². The molecule has 0 heterocycles. The number of hydrogen-bond donors (Lipinski definition) is 2. The molecular formula is C14H14CaO10S2. The maximum atomic E-state index is 10.5. The summed E-state index contributed by atoms with van der Waals surface area (Å²) >= 11 is 0. The minimum Gasteiger partial charge on any atom is -0.744 e. The van der Waals surface area contributed by atoms with Gasteiger partial charge in [-0.15, -0.1) is 0 Å². The standard InChI is InChI=1S/2C7H8O5S.Ca/c2*1-12-7-3-2-5(4-6(7)8)13(9,10)11;/h2*2-4,8H,1H3,(H,9,10,11);/q;;+2/p-2. The van der Waals surface area contributed by atoms with Gasteiger partial charge in [0.2, 0.25) is 0 Å². The second-order valence-corrected chi connectivity index (χ2v) is 7.33. The molecule has 2 rings (SSSR count). The van der Waals surface area contributed by atoms with Crippen LogP contribution in [-0.4, -0.2) is 88.1 Å². The molecule has 0 bridgehead atoms. The van der Waals surface area contributed by atoms with Crippen molar-refractivity contribution < 1.29 is 45.6 Å². The Morgan fingerprint density at radius 1 is 0.741 bits per heavy atom. The van der Waals surface area contributed by atoms with Crippen LogP contribution in [0.4, 0.5) is 0 Å². The van der Waals surface area contributed by atoms with E-state index < -0.39 is 30.0 Å². The Hall–Kier alpha value is -1.28. The fourth-order valence-electron chi connectivity index (χ4n) is 1.65. The SMILES string of the molecule is COc1ccc(S(=O)(=O)[O-])cc1O.COc1ccc(S(=O)(=O)[O-])cc1O.[Ca+2]. The molecular weight excluding hydrogens is 432 g/mol. The van der Waals surface area contributed by atoms with Gasteiger partial charge in [0.15, 0.2) is 23.0 Å². The zero-order valence-electron chi connectivity index (χ0n) is 14.1. The number of hydrogen-bond acceptors (Lipinski definition) is 10. The summed E-state index contributed by atoms with van der Waals surface area (Å²) in [5.41, 5.74) is 0. The van der Waals surface area contributed by atoms with E-state index in [0.717, 1.165) is 24.3 Å². The number of aromatic hydroxyl groups is 2. The molecule has 0 atom stereocenters.